The Morgan fingerprint density at radius 1 is 0.680 bits per heavy atom. The van der Waals surface area contributed by atoms with Crippen LogP contribution in [0.15, 0.2) is 78.9 Å². The molecule has 0 fully saturated rings. The Hall–Kier alpha value is -2.45. The number of nitrogen functional groups attached to an aromatic ring is 1. The molecule has 0 saturated heterocycles. The molecule has 3 aromatic rings. The molecule has 25 heavy (non-hydrogen) atoms. The van der Waals surface area contributed by atoms with Crippen molar-refractivity contribution < 1.29 is 4.74 Å². The highest BCUT2D eigenvalue weighted by Gasteiger charge is 2.04. The van der Waals surface area contributed by atoms with Crippen molar-refractivity contribution in [1.82, 2.24) is 0 Å². The van der Waals surface area contributed by atoms with Gasteiger partial charge in [-0.05, 0) is 54.2 Å². The molecule has 3 rings (SSSR count). The summed E-state index contributed by atoms with van der Waals surface area (Å²) in [4.78, 5) is 0. The first-order valence-corrected chi connectivity index (χ1v) is 8.40. The Balaban J connectivity index is 0.00000225. The van der Waals surface area contributed by atoms with Crippen molar-refractivity contribution in [2.24, 2.45) is 0 Å². The van der Waals surface area contributed by atoms with Gasteiger partial charge in [0.05, 0.1) is 0 Å². The van der Waals surface area contributed by atoms with E-state index in [1.54, 1.807) is 0 Å². The first kappa shape index (κ1) is 18.9. The minimum absolute atomic E-state index is 0. The molecule has 0 aromatic heterocycles. The topological polar surface area (TPSA) is 35.2 Å². The van der Waals surface area contributed by atoms with E-state index in [1.807, 2.05) is 36.4 Å². The third-order valence-electron chi connectivity index (χ3n) is 4.10. The Morgan fingerprint density at radius 3 is 2.12 bits per heavy atom. The molecule has 0 radical (unpaired) electrons. The smallest absolute Gasteiger partial charge is 0.122 e. The molecular formula is C22H24ClNO. The van der Waals surface area contributed by atoms with E-state index in [0.29, 0.717) is 6.61 Å². The quantitative estimate of drug-likeness (QED) is 0.573. The molecule has 130 valence electrons. The maximum atomic E-state index is 6.03. The molecule has 2 N–H and O–H groups in total. The van der Waals surface area contributed by atoms with Crippen LogP contribution in [0.5, 0.6) is 5.75 Å². The highest BCUT2D eigenvalue weighted by molar-refractivity contribution is 5.85. The predicted octanol–water partition coefficient (Wildman–Crippen LogP) is 5.44. The number of para-hydroxylation sites is 1. The fraction of sp³-hybridized carbons (Fsp3) is 0.182. The maximum Gasteiger partial charge on any atom is 0.122 e. The molecule has 3 heteroatoms. The van der Waals surface area contributed by atoms with Gasteiger partial charge in [0.15, 0.2) is 0 Å². The number of rotatable bonds is 7. The lowest BCUT2D eigenvalue weighted by Crippen LogP contribution is -1.99. The molecule has 0 heterocycles. The largest absolute Gasteiger partial charge is 0.489 e. The normalized spacial score (nSPS) is 10.1. The van der Waals surface area contributed by atoms with Gasteiger partial charge in [-0.2, -0.15) is 0 Å². The zero-order valence-corrected chi connectivity index (χ0v) is 15.0. The van der Waals surface area contributed by atoms with Crippen LogP contribution >= 0.6 is 12.4 Å². The van der Waals surface area contributed by atoms with E-state index in [9.17, 15) is 0 Å². The van der Waals surface area contributed by atoms with Gasteiger partial charge in [0.25, 0.3) is 0 Å². The molecule has 0 saturated carbocycles. The third-order valence-corrected chi connectivity index (χ3v) is 4.10. The monoisotopic (exact) mass is 353 g/mol. The van der Waals surface area contributed by atoms with Crippen molar-refractivity contribution in [2.45, 2.75) is 25.9 Å². The van der Waals surface area contributed by atoms with Crippen molar-refractivity contribution in [3.05, 3.63) is 95.6 Å². The van der Waals surface area contributed by atoms with E-state index in [2.05, 4.69) is 42.5 Å². The minimum Gasteiger partial charge on any atom is -0.489 e. The van der Waals surface area contributed by atoms with Crippen LogP contribution in [-0.4, -0.2) is 0 Å². The van der Waals surface area contributed by atoms with Crippen LogP contribution in [0.3, 0.4) is 0 Å². The molecule has 0 spiro atoms. The highest BCUT2D eigenvalue weighted by atomic mass is 35.5. The Kier molecular flexibility index (Phi) is 7.36. The fourth-order valence-corrected chi connectivity index (χ4v) is 2.75. The first-order chi connectivity index (χ1) is 11.8. The minimum atomic E-state index is 0. The third kappa shape index (κ3) is 5.84. The molecular weight excluding hydrogens is 330 g/mol. The molecule has 0 unspecified atom stereocenters. The second-order valence-corrected chi connectivity index (χ2v) is 5.98. The lowest BCUT2D eigenvalue weighted by atomic mass is 10.0. The summed E-state index contributed by atoms with van der Waals surface area (Å²) in [5, 5.41) is 0. The average Bonchev–Trinajstić information content (AvgIpc) is 2.63. The SMILES string of the molecule is Cl.Nc1ccc(CCCc2ccccc2OCc2ccccc2)cc1. The lowest BCUT2D eigenvalue weighted by Gasteiger charge is -2.11. The predicted molar refractivity (Wildman–Crippen MR) is 107 cm³/mol. The highest BCUT2D eigenvalue weighted by Crippen LogP contribution is 2.21. The van der Waals surface area contributed by atoms with Gasteiger partial charge in [-0.25, -0.2) is 0 Å². The maximum absolute atomic E-state index is 6.03. The van der Waals surface area contributed by atoms with Crippen molar-refractivity contribution in [2.75, 3.05) is 5.73 Å². The molecule has 0 atom stereocenters. The van der Waals surface area contributed by atoms with Gasteiger partial charge in [-0.15, -0.1) is 12.4 Å². The summed E-state index contributed by atoms with van der Waals surface area (Å²) in [7, 11) is 0. The van der Waals surface area contributed by atoms with Gasteiger partial charge in [0, 0.05) is 5.69 Å². The van der Waals surface area contributed by atoms with Crippen molar-refractivity contribution in [3.63, 3.8) is 0 Å². The number of hydrogen-bond donors (Lipinski definition) is 1. The van der Waals surface area contributed by atoms with Crippen molar-refractivity contribution in [3.8, 4) is 5.75 Å². The van der Waals surface area contributed by atoms with Crippen LogP contribution in [0, 0.1) is 0 Å². The zero-order valence-electron chi connectivity index (χ0n) is 14.2. The molecule has 3 aromatic carbocycles. The van der Waals surface area contributed by atoms with Gasteiger partial charge in [-0.1, -0.05) is 60.7 Å². The van der Waals surface area contributed by atoms with E-state index in [1.165, 1.54) is 16.7 Å². The number of nitrogens with two attached hydrogens (primary N) is 1. The van der Waals surface area contributed by atoms with E-state index in [0.717, 1.165) is 30.7 Å². The summed E-state index contributed by atoms with van der Waals surface area (Å²) in [6, 6.07) is 26.7. The number of benzene rings is 3. The Bertz CT molecular complexity index is 756. The first-order valence-electron chi connectivity index (χ1n) is 8.40. The summed E-state index contributed by atoms with van der Waals surface area (Å²) in [6.07, 6.45) is 3.15. The molecule has 0 bridgehead atoms. The molecule has 0 aliphatic carbocycles. The van der Waals surface area contributed by atoms with Crippen LogP contribution in [0.4, 0.5) is 5.69 Å². The standard InChI is InChI=1S/C22H23NO.ClH/c23-21-15-13-18(14-16-21)9-6-11-20-10-4-5-12-22(20)24-17-19-7-2-1-3-8-19;/h1-5,7-8,10,12-16H,6,9,11,17,23H2;1H. The molecule has 2 nitrogen and oxygen atoms in total. The molecule has 0 aliphatic heterocycles. The summed E-state index contributed by atoms with van der Waals surface area (Å²) >= 11 is 0. The van der Waals surface area contributed by atoms with Crippen LogP contribution in [0.25, 0.3) is 0 Å². The fourth-order valence-electron chi connectivity index (χ4n) is 2.75. The van der Waals surface area contributed by atoms with Crippen LogP contribution < -0.4 is 10.5 Å². The summed E-state index contributed by atoms with van der Waals surface area (Å²) in [6.45, 7) is 0.607. The summed E-state index contributed by atoms with van der Waals surface area (Å²) in [5.41, 5.74) is 10.3. The second kappa shape index (κ2) is 9.75. The van der Waals surface area contributed by atoms with E-state index in [-0.39, 0.29) is 12.4 Å². The van der Waals surface area contributed by atoms with E-state index < -0.39 is 0 Å². The summed E-state index contributed by atoms with van der Waals surface area (Å²) in [5.74, 6) is 0.985. The Labute approximate surface area is 156 Å². The average molecular weight is 354 g/mol. The second-order valence-electron chi connectivity index (χ2n) is 5.98. The summed E-state index contributed by atoms with van der Waals surface area (Å²) < 4.78 is 6.03. The van der Waals surface area contributed by atoms with Gasteiger partial charge < -0.3 is 10.5 Å². The molecule has 0 aliphatic rings. The number of hydrogen-bond acceptors (Lipinski definition) is 2. The van der Waals surface area contributed by atoms with E-state index >= 15 is 0 Å². The van der Waals surface area contributed by atoms with Crippen LogP contribution in [0.1, 0.15) is 23.1 Å². The lowest BCUT2D eigenvalue weighted by molar-refractivity contribution is 0.302. The van der Waals surface area contributed by atoms with Crippen molar-refractivity contribution in [1.29, 1.82) is 0 Å². The zero-order chi connectivity index (χ0) is 16.6. The Morgan fingerprint density at radius 2 is 1.36 bits per heavy atom. The number of halogens is 1. The van der Waals surface area contributed by atoms with Gasteiger partial charge in [-0.3, -0.25) is 0 Å². The number of aryl methyl sites for hydroxylation is 2. The number of anilines is 1. The van der Waals surface area contributed by atoms with Gasteiger partial charge in [0.2, 0.25) is 0 Å². The van der Waals surface area contributed by atoms with Crippen LogP contribution in [0.2, 0.25) is 0 Å². The number of ether oxygens (including phenoxy) is 1. The van der Waals surface area contributed by atoms with Crippen molar-refractivity contribution >= 4 is 18.1 Å². The van der Waals surface area contributed by atoms with Gasteiger partial charge in [0.1, 0.15) is 12.4 Å². The van der Waals surface area contributed by atoms with Crippen LogP contribution in [-0.2, 0) is 19.4 Å². The van der Waals surface area contributed by atoms with E-state index in [4.69, 9.17) is 10.5 Å². The molecule has 0 amide bonds. The van der Waals surface area contributed by atoms with Gasteiger partial charge >= 0.3 is 0 Å².